The quantitative estimate of drug-likeness (QED) is 0.778. The normalized spacial score (nSPS) is 21.1. The summed E-state index contributed by atoms with van der Waals surface area (Å²) in [6, 6.07) is 8.72. The van der Waals surface area contributed by atoms with Crippen LogP contribution in [0.15, 0.2) is 24.3 Å². The van der Waals surface area contributed by atoms with E-state index in [9.17, 15) is 5.11 Å². The molecule has 0 amide bonds. The van der Waals surface area contributed by atoms with E-state index < -0.39 is 0 Å². The van der Waals surface area contributed by atoms with Crippen molar-refractivity contribution in [2.75, 3.05) is 19.7 Å². The Hall–Kier alpha value is -1.06. The van der Waals surface area contributed by atoms with Crippen LogP contribution in [0.1, 0.15) is 38.2 Å². The molecule has 1 saturated heterocycles. The number of hydrogen-bond acceptors (Lipinski definition) is 3. The number of aryl methyl sites for hydroxylation is 1. The molecule has 1 aliphatic rings. The van der Waals surface area contributed by atoms with E-state index in [1.165, 1.54) is 24.9 Å². The molecule has 0 radical (unpaired) electrons. The van der Waals surface area contributed by atoms with Gasteiger partial charge in [-0.1, -0.05) is 18.2 Å². The van der Waals surface area contributed by atoms with Gasteiger partial charge in [0.15, 0.2) is 0 Å². The molecule has 2 unspecified atom stereocenters. The van der Waals surface area contributed by atoms with Gasteiger partial charge in [-0.25, -0.2) is 0 Å². The lowest BCUT2D eigenvalue weighted by Crippen LogP contribution is -2.33. The average molecular weight is 277 g/mol. The molecular weight excluding hydrogens is 250 g/mol. The van der Waals surface area contributed by atoms with Crippen molar-refractivity contribution in [3.63, 3.8) is 0 Å². The number of benzene rings is 1. The van der Waals surface area contributed by atoms with Gasteiger partial charge >= 0.3 is 0 Å². The van der Waals surface area contributed by atoms with Gasteiger partial charge in [0.2, 0.25) is 0 Å². The van der Waals surface area contributed by atoms with E-state index in [0.29, 0.717) is 6.04 Å². The molecule has 0 aliphatic carbocycles. The number of likely N-dealkylation sites (tertiary alicyclic amines) is 1. The zero-order valence-corrected chi connectivity index (χ0v) is 12.7. The predicted octanol–water partition coefficient (Wildman–Crippen LogP) is 3.00. The highest BCUT2D eigenvalue weighted by molar-refractivity contribution is 5.31. The van der Waals surface area contributed by atoms with Crippen molar-refractivity contribution in [1.29, 1.82) is 0 Å². The molecule has 3 heteroatoms. The van der Waals surface area contributed by atoms with E-state index in [1.807, 2.05) is 25.1 Å². The number of ether oxygens (including phenoxy) is 1. The standard InChI is InChI=1S/C17H27NO2/c1-14-7-3-4-9-17(14)20-12-6-11-18-10-5-8-16(18)13-15(2)19/h3-4,7,9,15-16,19H,5-6,8,10-13H2,1-2H3. The van der Waals surface area contributed by atoms with Crippen molar-refractivity contribution in [2.24, 2.45) is 0 Å². The zero-order valence-electron chi connectivity index (χ0n) is 12.7. The van der Waals surface area contributed by atoms with E-state index in [2.05, 4.69) is 17.9 Å². The number of para-hydroxylation sites is 1. The number of nitrogens with zero attached hydrogens (tertiary/aromatic N) is 1. The van der Waals surface area contributed by atoms with Crippen LogP contribution in [0.5, 0.6) is 5.75 Å². The van der Waals surface area contributed by atoms with Crippen LogP contribution in [0.25, 0.3) is 0 Å². The molecule has 1 aromatic rings. The van der Waals surface area contributed by atoms with Crippen molar-refractivity contribution < 1.29 is 9.84 Å². The molecule has 1 heterocycles. The summed E-state index contributed by atoms with van der Waals surface area (Å²) in [6.45, 7) is 6.97. The molecule has 0 spiro atoms. The first kappa shape index (κ1) is 15.3. The van der Waals surface area contributed by atoms with Crippen LogP contribution >= 0.6 is 0 Å². The van der Waals surface area contributed by atoms with Gasteiger partial charge in [-0.15, -0.1) is 0 Å². The summed E-state index contributed by atoms with van der Waals surface area (Å²) < 4.78 is 5.84. The first-order valence-corrected chi connectivity index (χ1v) is 7.77. The van der Waals surface area contributed by atoms with Crippen LogP contribution in [-0.4, -0.2) is 41.8 Å². The second kappa shape index (κ2) is 7.65. The number of aliphatic hydroxyl groups excluding tert-OH is 1. The van der Waals surface area contributed by atoms with E-state index in [0.717, 1.165) is 31.7 Å². The van der Waals surface area contributed by atoms with Crippen LogP contribution in [0, 0.1) is 6.92 Å². The Bertz CT molecular complexity index is 406. The molecule has 1 fully saturated rings. The summed E-state index contributed by atoms with van der Waals surface area (Å²) in [4.78, 5) is 2.51. The maximum absolute atomic E-state index is 9.53. The summed E-state index contributed by atoms with van der Waals surface area (Å²) in [5.41, 5.74) is 1.20. The van der Waals surface area contributed by atoms with Crippen molar-refractivity contribution in [3.8, 4) is 5.75 Å². The minimum Gasteiger partial charge on any atom is -0.493 e. The molecule has 1 N–H and O–H groups in total. The minimum atomic E-state index is -0.191. The lowest BCUT2D eigenvalue weighted by atomic mass is 10.1. The molecular formula is C17H27NO2. The zero-order chi connectivity index (χ0) is 14.4. The Morgan fingerprint density at radius 3 is 2.95 bits per heavy atom. The van der Waals surface area contributed by atoms with Gasteiger partial charge in [-0.05, 0) is 57.7 Å². The van der Waals surface area contributed by atoms with Gasteiger partial charge in [-0.2, -0.15) is 0 Å². The third-order valence-corrected chi connectivity index (χ3v) is 4.05. The fourth-order valence-corrected chi connectivity index (χ4v) is 3.02. The third kappa shape index (κ3) is 4.50. The van der Waals surface area contributed by atoms with E-state index in [-0.39, 0.29) is 6.10 Å². The van der Waals surface area contributed by atoms with Crippen LogP contribution in [-0.2, 0) is 0 Å². The van der Waals surface area contributed by atoms with Crippen LogP contribution < -0.4 is 4.74 Å². The molecule has 20 heavy (non-hydrogen) atoms. The molecule has 2 rings (SSSR count). The topological polar surface area (TPSA) is 32.7 Å². The van der Waals surface area contributed by atoms with Crippen LogP contribution in [0.2, 0.25) is 0 Å². The van der Waals surface area contributed by atoms with Gasteiger partial charge in [-0.3, -0.25) is 0 Å². The molecule has 0 saturated carbocycles. The lowest BCUT2D eigenvalue weighted by Gasteiger charge is -2.25. The SMILES string of the molecule is Cc1ccccc1OCCCN1CCCC1CC(C)O. The minimum absolute atomic E-state index is 0.191. The summed E-state index contributed by atoms with van der Waals surface area (Å²) in [5, 5.41) is 9.53. The van der Waals surface area contributed by atoms with Gasteiger partial charge in [0, 0.05) is 12.6 Å². The van der Waals surface area contributed by atoms with Crippen molar-refractivity contribution in [1.82, 2.24) is 4.90 Å². The highest BCUT2D eigenvalue weighted by atomic mass is 16.5. The fraction of sp³-hybridized carbons (Fsp3) is 0.647. The monoisotopic (exact) mass is 277 g/mol. The Balaban J connectivity index is 1.69. The maximum Gasteiger partial charge on any atom is 0.122 e. The Morgan fingerprint density at radius 1 is 1.40 bits per heavy atom. The molecule has 112 valence electrons. The highest BCUT2D eigenvalue weighted by Crippen LogP contribution is 2.22. The largest absolute Gasteiger partial charge is 0.493 e. The molecule has 1 aliphatic heterocycles. The first-order chi connectivity index (χ1) is 9.66. The molecule has 0 aromatic heterocycles. The lowest BCUT2D eigenvalue weighted by molar-refractivity contribution is 0.130. The smallest absolute Gasteiger partial charge is 0.122 e. The van der Waals surface area contributed by atoms with Crippen molar-refractivity contribution in [3.05, 3.63) is 29.8 Å². The third-order valence-electron chi connectivity index (χ3n) is 4.05. The van der Waals surface area contributed by atoms with E-state index >= 15 is 0 Å². The second-order valence-corrected chi connectivity index (χ2v) is 5.88. The van der Waals surface area contributed by atoms with E-state index in [4.69, 9.17) is 4.74 Å². The van der Waals surface area contributed by atoms with E-state index in [1.54, 1.807) is 0 Å². The highest BCUT2D eigenvalue weighted by Gasteiger charge is 2.24. The summed E-state index contributed by atoms with van der Waals surface area (Å²) in [6.07, 6.45) is 4.24. The molecule has 0 bridgehead atoms. The molecule has 1 aromatic carbocycles. The second-order valence-electron chi connectivity index (χ2n) is 5.88. The Kier molecular flexibility index (Phi) is 5.86. The number of aliphatic hydroxyl groups is 1. The van der Waals surface area contributed by atoms with Gasteiger partial charge in [0.1, 0.15) is 5.75 Å². The maximum atomic E-state index is 9.53. The summed E-state index contributed by atoms with van der Waals surface area (Å²) in [5.74, 6) is 0.995. The van der Waals surface area contributed by atoms with Gasteiger partial charge < -0.3 is 14.7 Å². The number of hydrogen-bond donors (Lipinski definition) is 1. The molecule has 3 nitrogen and oxygen atoms in total. The Labute approximate surface area is 122 Å². The summed E-state index contributed by atoms with van der Waals surface area (Å²) >= 11 is 0. The van der Waals surface area contributed by atoms with Crippen LogP contribution in [0.3, 0.4) is 0 Å². The van der Waals surface area contributed by atoms with Gasteiger partial charge in [0.05, 0.1) is 12.7 Å². The fourth-order valence-electron chi connectivity index (χ4n) is 3.02. The summed E-state index contributed by atoms with van der Waals surface area (Å²) in [7, 11) is 0. The Morgan fingerprint density at radius 2 is 2.20 bits per heavy atom. The first-order valence-electron chi connectivity index (χ1n) is 7.77. The van der Waals surface area contributed by atoms with Crippen molar-refractivity contribution >= 4 is 0 Å². The van der Waals surface area contributed by atoms with Gasteiger partial charge in [0.25, 0.3) is 0 Å². The number of rotatable bonds is 7. The average Bonchev–Trinajstić information content (AvgIpc) is 2.83. The van der Waals surface area contributed by atoms with Crippen molar-refractivity contribution in [2.45, 2.75) is 51.7 Å². The molecule has 2 atom stereocenters. The predicted molar refractivity (Wildman–Crippen MR) is 82.2 cm³/mol. The van der Waals surface area contributed by atoms with Crippen LogP contribution in [0.4, 0.5) is 0 Å².